The van der Waals surface area contributed by atoms with Crippen LogP contribution in [0.15, 0.2) is 54.6 Å². The van der Waals surface area contributed by atoms with Crippen molar-refractivity contribution in [3.8, 4) is 11.1 Å². The molecule has 110 valence electrons. The fourth-order valence-corrected chi connectivity index (χ4v) is 3.01. The second-order valence-electron chi connectivity index (χ2n) is 5.84. The van der Waals surface area contributed by atoms with Crippen molar-refractivity contribution in [2.24, 2.45) is 0 Å². The summed E-state index contributed by atoms with van der Waals surface area (Å²) in [4.78, 5) is 2.45. The maximum absolute atomic E-state index is 10.3. The highest BCUT2D eigenvalue weighted by Crippen LogP contribution is 2.23. The van der Waals surface area contributed by atoms with E-state index in [9.17, 15) is 5.11 Å². The van der Waals surface area contributed by atoms with Crippen molar-refractivity contribution in [3.05, 3.63) is 60.2 Å². The molecule has 2 aromatic carbocycles. The predicted molar refractivity (Wildman–Crippen MR) is 87.1 cm³/mol. The molecule has 0 spiro atoms. The zero-order valence-corrected chi connectivity index (χ0v) is 12.4. The topological polar surface area (TPSA) is 23.5 Å². The van der Waals surface area contributed by atoms with E-state index in [2.05, 4.69) is 41.3 Å². The molecule has 2 heteroatoms. The van der Waals surface area contributed by atoms with Crippen LogP contribution in [-0.2, 0) is 0 Å². The first kappa shape index (κ1) is 14.3. The van der Waals surface area contributed by atoms with Crippen LogP contribution in [-0.4, -0.2) is 29.6 Å². The molecular formula is C19H23NO. The highest BCUT2D eigenvalue weighted by Gasteiger charge is 2.14. The molecule has 1 aliphatic heterocycles. The van der Waals surface area contributed by atoms with Crippen LogP contribution in [0, 0.1) is 0 Å². The minimum Gasteiger partial charge on any atom is -0.388 e. The first-order valence-electron chi connectivity index (χ1n) is 7.89. The Balaban J connectivity index is 1.60. The molecule has 21 heavy (non-hydrogen) atoms. The van der Waals surface area contributed by atoms with Crippen molar-refractivity contribution in [3.63, 3.8) is 0 Å². The first-order valence-corrected chi connectivity index (χ1v) is 7.89. The van der Waals surface area contributed by atoms with Crippen molar-refractivity contribution in [2.45, 2.75) is 25.4 Å². The molecule has 0 amide bonds. The molecule has 1 heterocycles. The highest BCUT2D eigenvalue weighted by molar-refractivity contribution is 5.63. The Morgan fingerprint density at radius 1 is 0.857 bits per heavy atom. The number of rotatable bonds is 5. The van der Waals surface area contributed by atoms with Crippen LogP contribution in [0.5, 0.6) is 0 Å². The van der Waals surface area contributed by atoms with Gasteiger partial charge in [-0.2, -0.15) is 0 Å². The minimum atomic E-state index is -0.351. The van der Waals surface area contributed by atoms with E-state index in [-0.39, 0.29) is 6.10 Å². The summed E-state index contributed by atoms with van der Waals surface area (Å²) in [6.45, 7) is 3.39. The van der Waals surface area contributed by atoms with E-state index >= 15 is 0 Å². The summed E-state index contributed by atoms with van der Waals surface area (Å²) < 4.78 is 0. The summed E-state index contributed by atoms with van der Waals surface area (Å²) in [7, 11) is 0. The van der Waals surface area contributed by atoms with E-state index in [1.165, 1.54) is 37.1 Å². The maximum Gasteiger partial charge on any atom is 0.0802 e. The lowest BCUT2D eigenvalue weighted by molar-refractivity contribution is 0.149. The van der Waals surface area contributed by atoms with Crippen LogP contribution in [0.25, 0.3) is 11.1 Å². The van der Waals surface area contributed by atoms with Gasteiger partial charge in [0.25, 0.3) is 0 Å². The zero-order chi connectivity index (χ0) is 14.5. The number of hydrogen-bond acceptors (Lipinski definition) is 2. The molecule has 0 bridgehead atoms. The highest BCUT2D eigenvalue weighted by atomic mass is 16.3. The molecule has 0 unspecified atom stereocenters. The smallest absolute Gasteiger partial charge is 0.0802 e. The van der Waals surface area contributed by atoms with Gasteiger partial charge in [-0.25, -0.2) is 0 Å². The average molecular weight is 281 g/mol. The molecule has 2 nitrogen and oxygen atoms in total. The zero-order valence-electron chi connectivity index (χ0n) is 12.4. The van der Waals surface area contributed by atoms with Crippen molar-refractivity contribution in [2.75, 3.05) is 19.6 Å². The van der Waals surface area contributed by atoms with E-state index < -0.39 is 0 Å². The summed E-state index contributed by atoms with van der Waals surface area (Å²) in [5.41, 5.74) is 3.44. The molecule has 0 saturated carbocycles. The predicted octanol–water partition coefficient (Wildman–Crippen LogP) is 3.87. The van der Waals surface area contributed by atoms with Gasteiger partial charge in [-0.15, -0.1) is 0 Å². The average Bonchev–Trinajstić information content (AvgIpc) is 3.07. The van der Waals surface area contributed by atoms with E-state index in [0.29, 0.717) is 0 Å². The van der Waals surface area contributed by atoms with Crippen molar-refractivity contribution in [1.82, 2.24) is 4.90 Å². The van der Waals surface area contributed by atoms with Gasteiger partial charge in [-0.05, 0) is 49.0 Å². The Labute approximate surface area is 127 Å². The fourth-order valence-electron chi connectivity index (χ4n) is 3.01. The van der Waals surface area contributed by atoms with Gasteiger partial charge in [0.15, 0.2) is 0 Å². The minimum absolute atomic E-state index is 0.351. The second-order valence-corrected chi connectivity index (χ2v) is 5.84. The van der Waals surface area contributed by atoms with Crippen LogP contribution in [0.2, 0.25) is 0 Å². The lowest BCUT2D eigenvalue weighted by Gasteiger charge is -2.17. The summed E-state index contributed by atoms with van der Waals surface area (Å²) in [6.07, 6.45) is 3.09. The number of likely N-dealkylation sites (tertiary alicyclic amines) is 1. The number of aliphatic hydroxyl groups excluding tert-OH is 1. The Morgan fingerprint density at radius 2 is 1.48 bits per heavy atom. The molecule has 1 aliphatic rings. The van der Waals surface area contributed by atoms with Gasteiger partial charge in [0.1, 0.15) is 0 Å². The van der Waals surface area contributed by atoms with Gasteiger partial charge in [-0.3, -0.25) is 0 Å². The fraction of sp³-hybridized carbons (Fsp3) is 0.368. The molecule has 0 aliphatic carbocycles. The normalized spacial score (nSPS) is 17.0. The maximum atomic E-state index is 10.3. The SMILES string of the molecule is O[C@@H](CCN1CCCC1)c1ccc(-c2ccccc2)cc1. The summed E-state index contributed by atoms with van der Waals surface area (Å²) in [5, 5.41) is 10.3. The third kappa shape index (κ3) is 3.72. The van der Waals surface area contributed by atoms with Gasteiger partial charge >= 0.3 is 0 Å². The van der Waals surface area contributed by atoms with Crippen LogP contribution < -0.4 is 0 Å². The van der Waals surface area contributed by atoms with Crippen LogP contribution in [0.3, 0.4) is 0 Å². The number of benzene rings is 2. The quantitative estimate of drug-likeness (QED) is 0.899. The van der Waals surface area contributed by atoms with Crippen LogP contribution in [0.1, 0.15) is 30.9 Å². The molecule has 2 aromatic rings. The molecule has 1 saturated heterocycles. The molecule has 0 aromatic heterocycles. The van der Waals surface area contributed by atoms with E-state index in [4.69, 9.17) is 0 Å². The standard InChI is InChI=1S/C19H23NO/c21-19(12-15-20-13-4-5-14-20)18-10-8-17(9-11-18)16-6-2-1-3-7-16/h1-3,6-11,19,21H,4-5,12-15H2/t19-/m0/s1. The van der Waals surface area contributed by atoms with Crippen molar-refractivity contribution in [1.29, 1.82) is 0 Å². The lowest BCUT2D eigenvalue weighted by Crippen LogP contribution is -2.22. The van der Waals surface area contributed by atoms with Gasteiger partial charge < -0.3 is 10.0 Å². The second kappa shape index (κ2) is 6.88. The molecule has 3 rings (SSSR count). The third-order valence-corrected chi connectivity index (χ3v) is 4.32. The van der Waals surface area contributed by atoms with Gasteiger partial charge in [0.2, 0.25) is 0 Å². The van der Waals surface area contributed by atoms with Crippen molar-refractivity contribution < 1.29 is 5.11 Å². The Hall–Kier alpha value is -1.64. The molecular weight excluding hydrogens is 258 g/mol. The van der Waals surface area contributed by atoms with E-state index in [0.717, 1.165) is 18.5 Å². The van der Waals surface area contributed by atoms with Gasteiger partial charge in [0.05, 0.1) is 6.10 Å². The summed E-state index contributed by atoms with van der Waals surface area (Å²) in [6, 6.07) is 18.7. The summed E-state index contributed by atoms with van der Waals surface area (Å²) in [5.74, 6) is 0. The molecule has 1 atom stereocenters. The van der Waals surface area contributed by atoms with Crippen LogP contribution >= 0.6 is 0 Å². The third-order valence-electron chi connectivity index (χ3n) is 4.32. The van der Waals surface area contributed by atoms with Crippen LogP contribution in [0.4, 0.5) is 0 Å². The number of hydrogen-bond donors (Lipinski definition) is 1. The lowest BCUT2D eigenvalue weighted by atomic mass is 10.0. The van der Waals surface area contributed by atoms with Gasteiger partial charge in [0, 0.05) is 6.54 Å². The van der Waals surface area contributed by atoms with E-state index in [1.54, 1.807) is 0 Å². The Bertz CT molecular complexity index is 544. The number of aliphatic hydroxyl groups is 1. The monoisotopic (exact) mass is 281 g/mol. The first-order chi connectivity index (χ1) is 10.3. The molecule has 0 radical (unpaired) electrons. The van der Waals surface area contributed by atoms with E-state index in [1.807, 2.05) is 18.2 Å². The molecule has 1 fully saturated rings. The van der Waals surface area contributed by atoms with Gasteiger partial charge in [-0.1, -0.05) is 54.6 Å². The number of nitrogens with zero attached hydrogens (tertiary/aromatic N) is 1. The van der Waals surface area contributed by atoms with Crippen molar-refractivity contribution >= 4 is 0 Å². The molecule has 1 N–H and O–H groups in total. The summed E-state index contributed by atoms with van der Waals surface area (Å²) >= 11 is 0. The Kier molecular flexibility index (Phi) is 4.69. The Morgan fingerprint density at radius 3 is 2.14 bits per heavy atom. The largest absolute Gasteiger partial charge is 0.388 e.